The summed E-state index contributed by atoms with van der Waals surface area (Å²) >= 11 is 0. The molecule has 0 fully saturated rings. The first-order valence-electron chi connectivity index (χ1n) is 6.72. The molecular weight excluding hydrogens is 232 g/mol. The van der Waals surface area contributed by atoms with E-state index < -0.39 is 0 Å². The molecule has 2 aromatic heterocycles. The van der Waals surface area contributed by atoms with Gasteiger partial charge in [-0.1, -0.05) is 24.3 Å². The minimum Gasteiger partial charge on any atom is -0.362 e. The number of pyridine rings is 1. The highest BCUT2D eigenvalue weighted by atomic mass is 14.7. The van der Waals surface area contributed by atoms with Crippen molar-refractivity contribution in [2.24, 2.45) is 0 Å². The quantitative estimate of drug-likeness (QED) is 0.748. The lowest BCUT2D eigenvalue weighted by atomic mass is 10.0. The molecule has 2 heteroatoms. The van der Waals surface area contributed by atoms with Crippen molar-refractivity contribution >= 4 is 10.8 Å². The van der Waals surface area contributed by atoms with E-state index in [1.807, 2.05) is 6.20 Å². The summed E-state index contributed by atoms with van der Waals surface area (Å²) in [5.41, 5.74) is 4.95. The van der Waals surface area contributed by atoms with Crippen LogP contribution in [0.25, 0.3) is 10.8 Å². The Morgan fingerprint density at radius 2 is 1.74 bits per heavy atom. The van der Waals surface area contributed by atoms with Gasteiger partial charge in [0.15, 0.2) is 0 Å². The van der Waals surface area contributed by atoms with Crippen molar-refractivity contribution in [1.29, 1.82) is 0 Å². The molecule has 0 spiro atoms. The van der Waals surface area contributed by atoms with Crippen molar-refractivity contribution in [3.05, 3.63) is 65.2 Å². The van der Waals surface area contributed by atoms with E-state index >= 15 is 0 Å². The second kappa shape index (κ2) is 4.88. The maximum atomic E-state index is 4.51. The Kier molecular flexibility index (Phi) is 3.08. The number of aryl methyl sites for hydroxylation is 4. The number of H-pyrrole nitrogens is 1. The van der Waals surface area contributed by atoms with Crippen LogP contribution in [-0.2, 0) is 12.8 Å². The van der Waals surface area contributed by atoms with Gasteiger partial charge in [0.25, 0.3) is 0 Å². The number of fused-ring (bicyclic) bond motifs is 1. The highest BCUT2D eigenvalue weighted by Crippen LogP contribution is 2.21. The van der Waals surface area contributed by atoms with E-state index in [2.05, 4.69) is 60.2 Å². The number of hydrogen-bond acceptors (Lipinski definition) is 1. The molecule has 0 radical (unpaired) electrons. The van der Waals surface area contributed by atoms with Gasteiger partial charge in [-0.25, -0.2) is 0 Å². The predicted octanol–water partition coefficient (Wildman–Crippen LogP) is 3.96. The van der Waals surface area contributed by atoms with Gasteiger partial charge in [-0.05, 0) is 49.8 Å². The van der Waals surface area contributed by atoms with Crippen LogP contribution in [0, 0.1) is 13.8 Å². The van der Waals surface area contributed by atoms with Crippen LogP contribution in [0.3, 0.4) is 0 Å². The van der Waals surface area contributed by atoms with Crippen LogP contribution < -0.4 is 0 Å². The highest BCUT2D eigenvalue weighted by molar-refractivity contribution is 5.87. The molecule has 1 aromatic carbocycles. The number of aromatic amines is 1. The molecule has 0 amide bonds. The van der Waals surface area contributed by atoms with Gasteiger partial charge in [0.05, 0.1) is 0 Å². The highest BCUT2D eigenvalue weighted by Gasteiger charge is 2.05. The van der Waals surface area contributed by atoms with Crippen molar-refractivity contribution in [3.8, 4) is 0 Å². The van der Waals surface area contributed by atoms with E-state index in [1.54, 1.807) is 0 Å². The van der Waals surface area contributed by atoms with Crippen LogP contribution in [0.5, 0.6) is 0 Å². The summed E-state index contributed by atoms with van der Waals surface area (Å²) < 4.78 is 0. The van der Waals surface area contributed by atoms with Crippen LogP contribution in [0.1, 0.15) is 22.6 Å². The molecule has 0 unspecified atom stereocenters. The lowest BCUT2D eigenvalue weighted by molar-refractivity contribution is 0.919. The zero-order valence-corrected chi connectivity index (χ0v) is 11.4. The van der Waals surface area contributed by atoms with E-state index in [9.17, 15) is 0 Å². The van der Waals surface area contributed by atoms with E-state index in [0.717, 1.165) is 18.5 Å². The van der Waals surface area contributed by atoms with Crippen LogP contribution >= 0.6 is 0 Å². The van der Waals surface area contributed by atoms with Gasteiger partial charge < -0.3 is 4.98 Å². The van der Waals surface area contributed by atoms with Gasteiger partial charge >= 0.3 is 0 Å². The fourth-order valence-electron chi connectivity index (χ4n) is 2.57. The van der Waals surface area contributed by atoms with Crippen LogP contribution in [0.2, 0.25) is 0 Å². The Labute approximate surface area is 113 Å². The Morgan fingerprint density at radius 1 is 0.947 bits per heavy atom. The fourth-order valence-corrected chi connectivity index (χ4v) is 2.57. The second-order valence-electron chi connectivity index (χ2n) is 5.08. The maximum Gasteiger partial charge on any atom is 0.0451 e. The first-order valence-corrected chi connectivity index (χ1v) is 6.72. The summed E-state index contributed by atoms with van der Waals surface area (Å²) in [4.78, 5) is 7.90. The molecule has 3 rings (SSSR count). The number of rotatable bonds is 3. The molecule has 96 valence electrons. The topological polar surface area (TPSA) is 28.7 Å². The largest absolute Gasteiger partial charge is 0.362 e. The Hall–Kier alpha value is -2.09. The van der Waals surface area contributed by atoms with Crippen molar-refractivity contribution in [2.75, 3.05) is 0 Å². The molecule has 2 heterocycles. The molecule has 2 nitrogen and oxygen atoms in total. The average molecular weight is 250 g/mol. The van der Waals surface area contributed by atoms with Gasteiger partial charge in [-0.3, -0.25) is 4.98 Å². The van der Waals surface area contributed by atoms with E-state index in [1.165, 1.54) is 27.7 Å². The predicted molar refractivity (Wildman–Crippen MR) is 79.4 cm³/mol. The third-order valence-corrected chi connectivity index (χ3v) is 3.63. The Morgan fingerprint density at radius 3 is 2.47 bits per heavy atom. The van der Waals surface area contributed by atoms with Gasteiger partial charge in [0, 0.05) is 28.7 Å². The molecule has 3 aromatic rings. The molecule has 0 aliphatic heterocycles. The summed E-state index contributed by atoms with van der Waals surface area (Å²) in [5.74, 6) is 0. The molecule has 0 saturated carbocycles. The summed E-state index contributed by atoms with van der Waals surface area (Å²) in [7, 11) is 0. The zero-order chi connectivity index (χ0) is 13.2. The molecule has 0 saturated heterocycles. The van der Waals surface area contributed by atoms with Crippen LogP contribution in [0.15, 0.2) is 42.6 Å². The van der Waals surface area contributed by atoms with Crippen LogP contribution in [-0.4, -0.2) is 9.97 Å². The molecule has 0 aliphatic rings. The van der Waals surface area contributed by atoms with Crippen molar-refractivity contribution in [2.45, 2.75) is 26.7 Å². The molecule has 0 aliphatic carbocycles. The van der Waals surface area contributed by atoms with Crippen molar-refractivity contribution in [1.82, 2.24) is 9.97 Å². The lowest BCUT2D eigenvalue weighted by Crippen LogP contribution is -1.96. The third kappa shape index (κ3) is 2.39. The minimum absolute atomic E-state index is 1.02. The fraction of sp³-hybridized carbons (Fsp3) is 0.235. The summed E-state index contributed by atoms with van der Waals surface area (Å²) in [5, 5.41) is 2.60. The summed E-state index contributed by atoms with van der Waals surface area (Å²) in [6.45, 7) is 4.16. The van der Waals surface area contributed by atoms with Crippen LogP contribution in [0.4, 0.5) is 0 Å². The maximum absolute atomic E-state index is 4.51. The lowest BCUT2D eigenvalue weighted by Gasteiger charge is -2.07. The van der Waals surface area contributed by atoms with Gasteiger partial charge in [-0.15, -0.1) is 0 Å². The van der Waals surface area contributed by atoms with Gasteiger partial charge in [0.2, 0.25) is 0 Å². The number of hydrogen-bond donors (Lipinski definition) is 1. The average Bonchev–Trinajstić information content (AvgIpc) is 2.84. The Bertz CT molecular complexity index is 710. The van der Waals surface area contributed by atoms with Gasteiger partial charge in [0.1, 0.15) is 0 Å². The van der Waals surface area contributed by atoms with E-state index in [0.29, 0.717) is 0 Å². The first kappa shape index (κ1) is 12.0. The molecule has 0 bridgehead atoms. The summed E-state index contributed by atoms with van der Waals surface area (Å²) in [6, 6.07) is 12.8. The Balaban J connectivity index is 1.91. The SMILES string of the molecule is Cc1ccc(CCc2cnc(C)c3ccccc23)[nH]1. The standard InChI is InChI=1S/C17H18N2/c1-12-7-9-15(19-12)10-8-14-11-18-13(2)16-5-3-4-6-17(14)16/h3-7,9,11,19H,8,10H2,1-2H3. The van der Waals surface area contributed by atoms with E-state index in [-0.39, 0.29) is 0 Å². The molecule has 1 N–H and O–H groups in total. The number of aromatic nitrogens is 2. The van der Waals surface area contributed by atoms with Crippen molar-refractivity contribution in [3.63, 3.8) is 0 Å². The molecule has 0 atom stereocenters. The van der Waals surface area contributed by atoms with Crippen molar-refractivity contribution < 1.29 is 0 Å². The normalized spacial score (nSPS) is 11.1. The smallest absolute Gasteiger partial charge is 0.0451 e. The number of benzene rings is 1. The number of nitrogens with zero attached hydrogens (tertiary/aromatic N) is 1. The zero-order valence-electron chi connectivity index (χ0n) is 11.4. The first-order chi connectivity index (χ1) is 9.24. The summed E-state index contributed by atoms with van der Waals surface area (Å²) in [6.07, 6.45) is 4.07. The minimum atomic E-state index is 1.02. The van der Waals surface area contributed by atoms with E-state index in [4.69, 9.17) is 0 Å². The molecule has 19 heavy (non-hydrogen) atoms. The third-order valence-electron chi connectivity index (χ3n) is 3.63. The molecular formula is C17H18N2. The number of nitrogens with one attached hydrogen (secondary N) is 1. The monoisotopic (exact) mass is 250 g/mol. The second-order valence-corrected chi connectivity index (χ2v) is 5.08. The van der Waals surface area contributed by atoms with Gasteiger partial charge in [-0.2, -0.15) is 0 Å².